The lowest BCUT2D eigenvalue weighted by atomic mass is 9.92. The van der Waals surface area contributed by atoms with Crippen molar-refractivity contribution in [3.8, 4) is 16.9 Å². The number of hydrogen-bond donors (Lipinski definition) is 2. The predicted octanol–water partition coefficient (Wildman–Crippen LogP) is 3.37. The monoisotopic (exact) mass is 350 g/mol. The number of benzene rings is 2. The first-order valence-electron chi connectivity index (χ1n) is 9.42. The van der Waals surface area contributed by atoms with Crippen molar-refractivity contribution < 1.29 is 9.53 Å². The van der Waals surface area contributed by atoms with Crippen molar-refractivity contribution in [2.45, 2.75) is 25.8 Å². The molecule has 2 aliphatic rings. The molecule has 4 heteroatoms. The zero-order chi connectivity index (χ0) is 18.0. The van der Waals surface area contributed by atoms with Crippen LogP contribution in [-0.2, 0) is 11.3 Å². The van der Waals surface area contributed by atoms with Crippen LogP contribution in [0.2, 0.25) is 0 Å². The van der Waals surface area contributed by atoms with Gasteiger partial charge in [0.05, 0.1) is 7.11 Å². The van der Waals surface area contributed by atoms with Gasteiger partial charge in [0.1, 0.15) is 5.75 Å². The molecule has 1 heterocycles. The molecule has 0 radical (unpaired) electrons. The Labute approximate surface area is 155 Å². The summed E-state index contributed by atoms with van der Waals surface area (Å²) in [5.41, 5.74) is 3.71. The van der Waals surface area contributed by atoms with Crippen molar-refractivity contribution >= 4 is 5.91 Å². The molecule has 1 saturated carbocycles. The van der Waals surface area contributed by atoms with Gasteiger partial charge in [-0.15, -0.1) is 0 Å². The van der Waals surface area contributed by atoms with Gasteiger partial charge in [0.2, 0.25) is 5.91 Å². The van der Waals surface area contributed by atoms with Crippen LogP contribution in [0.1, 0.15) is 24.8 Å². The van der Waals surface area contributed by atoms with Gasteiger partial charge in [-0.3, -0.25) is 4.79 Å². The number of carbonyl (C=O) groups is 1. The van der Waals surface area contributed by atoms with Crippen molar-refractivity contribution in [1.29, 1.82) is 0 Å². The Morgan fingerprint density at radius 2 is 1.92 bits per heavy atom. The van der Waals surface area contributed by atoms with Gasteiger partial charge in [-0.2, -0.15) is 0 Å². The highest BCUT2D eigenvalue weighted by atomic mass is 16.5. The summed E-state index contributed by atoms with van der Waals surface area (Å²) in [5.74, 6) is 1.31. The van der Waals surface area contributed by atoms with Crippen molar-refractivity contribution in [2.75, 3.05) is 20.2 Å². The average Bonchev–Trinajstić information content (AvgIpc) is 3.40. The first-order chi connectivity index (χ1) is 12.7. The summed E-state index contributed by atoms with van der Waals surface area (Å²) >= 11 is 0. The number of piperidine rings is 1. The Morgan fingerprint density at radius 3 is 2.65 bits per heavy atom. The van der Waals surface area contributed by atoms with E-state index < -0.39 is 0 Å². The summed E-state index contributed by atoms with van der Waals surface area (Å²) in [5, 5.41) is 6.51. The number of nitrogens with one attached hydrogen (secondary N) is 2. The summed E-state index contributed by atoms with van der Waals surface area (Å²) in [4.78, 5) is 12.5. The lowest BCUT2D eigenvalue weighted by Gasteiger charge is -2.23. The molecular weight excluding hydrogens is 324 g/mol. The highest BCUT2D eigenvalue weighted by Crippen LogP contribution is 2.58. The smallest absolute Gasteiger partial charge is 0.223 e. The van der Waals surface area contributed by atoms with E-state index in [1.54, 1.807) is 7.11 Å². The van der Waals surface area contributed by atoms with Crippen molar-refractivity contribution in [2.24, 2.45) is 11.3 Å². The van der Waals surface area contributed by atoms with Gasteiger partial charge in [0, 0.05) is 12.5 Å². The highest BCUT2D eigenvalue weighted by Gasteiger charge is 2.57. The van der Waals surface area contributed by atoms with Gasteiger partial charge >= 0.3 is 0 Å². The van der Waals surface area contributed by atoms with E-state index in [0.29, 0.717) is 12.0 Å². The number of amides is 1. The molecule has 136 valence electrons. The minimum absolute atomic E-state index is 0.223. The summed E-state index contributed by atoms with van der Waals surface area (Å²) in [7, 11) is 1.68. The standard InChI is InChI=1S/C22H26N2O2/c1-26-19-4-2-3-18(13-19)17-7-5-16(6-8-17)15-24-21(25)20-14-22(20)9-11-23-12-10-22/h2-8,13,20,23H,9-12,14-15H2,1H3,(H,24,25). The molecule has 2 aromatic rings. The van der Waals surface area contributed by atoms with Gasteiger partial charge < -0.3 is 15.4 Å². The topological polar surface area (TPSA) is 50.4 Å². The fraction of sp³-hybridized carbons (Fsp3) is 0.409. The van der Waals surface area contributed by atoms with E-state index >= 15 is 0 Å². The minimum atomic E-state index is 0.223. The van der Waals surface area contributed by atoms with Crippen LogP contribution in [-0.4, -0.2) is 26.1 Å². The molecule has 1 amide bonds. The van der Waals surface area contributed by atoms with Gasteiger partial charge in [0.15, 0.2) is 0 Å². The number of methoxy groups -OCH3 is 1. The summed E-state index contributed by atoms with van der Waals surface area (Å²) < 4.78 is 5.29. The van der Waals surface area contributed by atoms with Crippen molar-refractivity contribution in [3.05, 3.63) is 54.1 Å². The van der Waals surface area contributed by atoms with E-state index in [9.17, 15) is 4.79 Å². The largest absolute Gasteiger partial charge is 0.497 e. The van der Waals surface area contributed by atoms with E-state index in [4.69, 9.17) is 4.74 Å². The van der Waals surface area contributed by atoms with Crippen LogP contribution < -0.4 is 15.4 Å². The Hall–Kier alpha value is -2.33. The molecule has 1 saturated heterocycles. The van der Waals surface area contributed by atoms with Gasteiger partial charge in [0.25, 0.3) is 0 Å². The molecule has 2 N–H and O–H groups in total. The van der Waals surface area contributed by atoms with E-state index in [1.807, 2.05) is 18.2 Å². The van der Waals surface area contributed by atoms with Crippen LogP contribution in [0.15, 0.2) is 48.5 Å². The summed E-state index contributed by atoms with van der Waals surface area (Å²) in [6.07, 6.45) is 3.34. The predicted molar refractivity (Wildman–Crippen MR) is 103 cm³/mol. The second kappa shape index (κ2) is 7.12. The maximum atomic E-state index is 12.5. The zero-order valence-corrected chi connectivity index (χ0v) is 15.3. The number of hydrogen-bond acceptors (Lipinski definition) is 3. The van der Waals surface area contributed by atoms with Crippen LogP contribution in [0.4, 0.5) is 0 Å². The summed E-state index contributed by atoms with van der Waals surface area (Å²) in [6.45, 7) is 2.70. The number of carbonyl (C=O) groups excluding carboxylic acids is 1. The quantitative estimate of drug-likeness (QED) is 0.869. The van der Waals surface area contributed by atoms with Crippen LogP contribution >= 0.6 is 0 Å². The Bertz CT molecular complexity index is 779. The molecule has 26 heavy (non-hydrogen) atoms. The van der Waals surface area contributed by atoms with Gasteiger partial charge in [-0.05, 0) is 66.6 Å². The Balaban J connectivity index is 1.34. The minimum Gasteiger partial charge on any atom is -0.497 e. The molecule has 4 rings (SSSR count). The van der Waals surface area contributed by atoms with Crippen molar-refractivity contribution in [3.63, 3.8) is 0 Å². The van der Waals surface area contributed by atoms with Crippen LogP contribution in [0.25, 0.3) is 11.1 Å². The van der Waals surface area contributed by atoms with Crippen LogP contribution in [0.3, 0.4) is 0 Å². The maximum absolute atomic E-state index is 12.5. The van der Waals surface area contributed by atoms with Crippen LogP contribution in [0.5, 0.6) is 5.75 Å². The summed E-state index contributed by atoms with van der Waals surface area (Å²) in [6, 6.07) is 16.4. The molecule has 1 unspecified atom stereocenters. The number of rotatable bonds is 5. The second-order valence-electron chi connectivity index (χ2n) is 7.52. The van der Waals surface area contributed by atoms with Crippen molar-refractivity contribution in [1.82, 2.24) is 10.6 Å². The molecule has 1 atom stereocenters. The third kappa shape index (κ3) is 3.47. The molecule has 2 aromatic carbocycles. The second-order valence-corrected chi connectivity index (χ2v) is 7.52. The maximum Gasteiger partial charge on any atom is 0.223 e. The van der Waals surface area contributed by atoms with E-state index in [-0.39, 0.29) is 11.8 Å². The third-order valence-corrected chi connectivity index (χ3v) is 5.93. The zero-order valence-electron chi connectivity index (χ0n) is 15.3. The molecule has 1 aliphatic heterocycles. The first-order valence-corrected chi connectivity index (χ1v) is 9.42. The Morgan fingerprint density at radius 1 is 1.15 bits per heavy atom. The lowest BCUT2D eigenvalue weighted by molar-refractivity contribution is -0.123. The van der Waals surface area contributed by atoms with E-state index in [1.165, 1.54) is 0 Å². The van der Waals surface area contributed by atoms with Gasteiger partial charge in [-0.25, -0.2) is 0 Å². The van der Waals surface area contributed by atoms with E-state index in [0.717, 1.165) is 54.8 Å². The van der Waals surface area contributed by atoms with Gasteiger partial charge in [-0.1, -0.05) is 36.4 Å². The first kappa shape index (κ1) is 17.1. The average molecular weight is 350 g/mol. The number of ether oxygens (including phenoxy) is 1. The lowest BCUT2D eigenvalue weighted by Crippen LogP contribution is -2.33. The highest BCUT2D eigenvalue weighted by molar-refractivity contribution is 5.82. The SMILES string of the molecule is COc1cccc(-c2ccc(CNC(=O)C3CC34CCNCC4)cc2)c1. The van der Waals surface area contributed by atoms with Crippen LogP contribution in [0, 0.1) is 11.3 Å². The molecule has 2 fully saturated rings. The molecule has 1 spiro atoms. The molecule has 0 bridgehead atoms. The van der Waals surface area contributed by atoms with E-state index in [2.05, 4.69) is 41.0 Å². The molecule has 0 aromatic heterocycles. The normalized spacial score (nSPS) is 20.6. The molecule has 4 nitrogen and oxygen atoms in total. The Kier molecular flexibility index (Phi) is 4.68. The fourth-order valence-electron chi connectivity index (χ4n) is 4.13. The molecule has 1 aliphatic carbocycles. The fourth-order valence-corrected chi connectivity index (χ4v) is 4.13. The molecular formula is C22H26N2O2. The third-order valence-electron chi connectivity index (χ3n) is 5.93.